The Hall–Kier alpha value is -2.79. The molecule has 5 heteroatoms. The Morgan fingerprint density at radius 1 is 1.15 bits per heavy atom. The maximum atomic E-state index is 11.8. The summed E-state index contributed by atoms with van der Waals surface area (Å²) in [6.07, 6.45) is 2.60. The number of aromatic carboxylic acids is 1. The average molecular weight is 366 g/mol. The number of aromatic nitrogens is 1. The van der Waals surface area contributed by atoms with Crippen LogP contribution in [0.3, 0.4) is 0 Å². The fourth-order valence-electron chi connectivity index (χ4n) is 3.51. The predicted molar refractivity (Wildman–Crippen MR) is 109 cm³/mol. The molecule has 5 nitrogen and oxygen atoms in total. The number of hydrogen-bond acceptors (Lipinski definition) is 3. The van der Waals surface area contributed by atoms with E-state index in [1.807, 2.05) is 44.2 Å². The Bertz CT molecular complexity index is 942. The molecule has 1 heterocycles. The molecular weight excluding hydrogens is 340 g/mol. The second-order valence-corrected chi connectivity index (χ2v) is 6.67. The number of nitrogens with two attached hydrogens (primary N) is 1. The lowest BCUT2D eigenvalue weighted by atomic mass is 9.96. The Morgan fingerprint density at radius 3 is 2.52 bits per heavy atom. The van der Waals surface area contributed by atoms with Crippen LogP contribution in [-0.4, -0.2) is 29.2 Å². The first kappa shape index (κ1) is 19.0. The van der Waals surface area contributed by atoms with Crippen molar-refractivity contribution in [2.75, 3.05) is 13.2 Å². The highest BCUT2D eigenvalue weighted by atomic mass is 16.5. The third-order valence-corrected chi connectivity index (χ3v) is 4.83. The third kappa shape index (κ3) is 3.83. The number of benzene rings is 2. The molecule has 1 aromatic heterocycles. The number of carbonyl (C=O) groups is 1. The summed E-state index contributed by atoms with van der Waals surface area (Å²) in [6, 6.07) is 11.5. The SMILES string of the molecule is CCOc1ccc(-c2[nH]c3c(C)ccc(C(=O)O)c3c2CCCCN)cc1. The molecule has 142 valence electrons. The number of hydrogen-bond donors (Lipinski definition) is 3. The number of fused-ring (bicyclic) bond motifs is 1. The minimum Gasteiger partial charge on any atom is -0.494 e. The van der Waals surface area contributed by atoms with Gasteiger partial charge in [-0.15, -0.1) is 0 Å². The molecule has 0 atom stereocenters. The van der Waals surface area contributed by atoms with Crippen molar-refractivity contribution in [3.05, 3.63) is 53.1 Å². The van der Waals surface area contributed by atoms with Gasteiger partial charge in [-0.05, 0) is 86.7 Å². The van der Waals surface area contributed by atoms with Crippen LogP contribution in [0.4, 0.5) is 0 Å². The van der Waals surface area contributed by atoms with E-state index < -0.39 is 5.97 Å². The van der Waals surface area contributed by atoms with E-state index in [0.717, 1.165) is 58.3 Å². The first-order chi connectivity index (χ1) is 13.1. The van der Waals surface area contributed by atoms with Crippen molar-refractivity contribution in [2.45, 2.75) is 33.1 Å². The first-order valence-corrected chi connectivity index (χ1v) is 9.37. The zero-order valence-electron chi connectivity index (χ0n) is 15.8. The van der Waals surface area contributed by atoms with Crippen molar-refractivity contribution >= 4 is 16.9 Å². The first-order valence-electron chi connectivity index (χ1n) is 9.37. The summed E-state index contributed by atoms with van der Waals surface area (Å²) >= 11 is 0. The number of H-pyrrole nitrogens is 1. The molecule has 0 aliphatic carbocycles. The number of carboxylic acid groups (broad SMARTS) is 1. The van der Waals surface area contributed by atoms with Crippen LogP contribution in [0.5, 0.6) is 5.75 Å². The minimum atomic E-state index is -0.905. The third-order valence-electron chi connectivity index (χ3n) is 4.83. The van der Waals surface area contributed by atoms with E-state index in [4.69, 9.17) is 10.5 Å². The highest BCUT2D eigenvalue weighted by molar-refractivity contribution is 6.07. The zero-order chi connectivity index (χ0) is 19.4. The fraction of sp³-hybridized carbons (Fsp3) is 0.318. The lowest BCUT2D eigenvalue weighted by Crippen LogP contribution is -2.01. The molecule has 0 saturated carbocycles. The second kappa shape index (κ2) is 8.27. The highest BCUT2D eigenvalue weighted by Crippen LogP contribution is 2.35. The highest BCUT2D eigenvalue weighted by Gasteiger charge is 2.20. The number of unbranched alkanes of at least 4 members (excludes halogenated alkanes) is 1. The predicted octanol–water partition coefficient (Wildman–Crippen LogP) is 4.52. The average Bonchev–Trinajstić information content (AvgIpc) is 3.03. The summed E-state index contributed by atoms with van der Waals surface area (Å²) in [4.78, 5) is 15.3. The van der Waals surface area contributed by atoms with E-state index in [1.54, 1.807) is 6.07 Å². The number of nitrogens with one attached hydrogen (secondary N) is 1. The van der Waals surface area contributed by atoms with E-state index >= 15 is 0 Å². The van der Waals surface area contributed by atoms with E-state index in [9.17, 15) is 9.90 Å². The monoisotopic (exact) mass is 366 g/mol. The van der Waals surface area contributed by atoms with Crippen molar-refractivity contribution in [1.29, 1.82) is 0 Å². The molecule has 0 radical (unpaired) electrons. The minimum absolute atomic E-state index is 0.340. The van der Waals surface area contributed by atoms with Crippen LogP contribution in [0.2, 0.25) is 0 Å². The lowest BCUT2D eigenvalue weighted by Gasteiger charge is -2.08. The van der Waals surface area contributed by atoms with Gasteiger partial charge in [0, 0.05) is 16.6 Å². The second-order valence-electron chi connectivity index (χ2n) is 6.67. The van der Waals surface area contributed by atoms with Gasteiger partial charge in [0.05, 0.1) is 12.2 Å². The summed E-state index contributed by atoms with van der Waals surface area (Å²) in [7, 11) is 0. The molecule has 3 aromatic rings. The van der Waals surface area contributed by atoms with Crippen molar-refractivity contribution in [3.63, 3.8) is 0 Å². The van der Waals surface area contributed by atoms with Gasteiger partial charge in [-0.2, -0.15) is 0 Å². The van der Waals surface area contributed by atoms with E-state index in [1.165, 1.54) is 0 Å². The number of aromatic amines is 1. The summed E-state index contributed by atoms with van der Waals surface area (Å²) in [5.41, 5.74) is 11.0. The van der Waals surface area contributed by atoms with Gasteiger partial charge >= 0.3 is 5.97 Å². The van der Waals surface area contributed by atoms with Gasteiger partial charge in [-0.1, -0.05) is 6.07 Å². The van der Waals surface area contributed by atoms with E-state index in [0.29, 0.717) is 18.7 Å². The molecule has 0 aliphatic rings. The summed E-state index contributed by atoms with van der Waals surface area (Å²) in [5, 5.41) is 10.5. The topological polar surface area (TPSA) is 88.3 Å². The van der Waals surface area contributed by atoms with Gasteiger partial charge in [0.1, 0.15) is 5.75 Å². The molecule has 0 fully saturated rings. The molecule has 0 amide bonds. The molecule has 0 bridgehead atoms. The smallest absolute Gasteiger partial charge is 0.336 e. The molecule has 4 N–H and O–H groups in total. The van der Waals surface area contributed by atoms with Crippen molar-refractivity contribution in [1.82, 2.24) is 4.98 Å². The summed E-state index contributed by atoms with van der Waals surface area (Å²) < 4.78 is 5.53. The Balaban J connectivity index is 2.18. The zero-order valence-corrected chi connectivity index (χ0v) is 15.8. The van der Waals surface area contributed by atoms with Crippen LogP contribution in [-0.2, 0) is 6.42 Å². The summed E-state index contributed by atoms with van der Waals surface area (Å²) in [6.45, 7) is 5.20. The molecule has 0 aliphatic heterocycles. The number of ether oxygens (including phenoxy) is 1. The van der Waals surface area contributed by atoms with E-state index in [-0.39, 0.29) is 0 Å². The van der Waals surface area contributed by atoms with Gasteiger partial charge in [-0.25, -0.2) is 4.79 Å². The molecule has 0 spiro atoms. The van der Waals surface area contributed by atoms with Crippen LogP contribution in [0.15, 0.2) is 36.4 Å². The normalized spacial score (nSPS) is 11.1. The molecule has 27 heavy (non-hydrogen) atoms. The molecule has 2 aromatic carbocycles. The van der Waals surface area contributed by atoms with Crippen LogP contribution < -0.4 is 10.5 Å². The fourth-order valence-corrected chi connectivity index (χ4v) is 3.51. The van der Waals surface area contributed by atoms with Gasteiger partial charge < -0.3 is 20.6 Å². The van der Waals surface area contributed by atoms with Gasteiger partial charge in [0.2, 0.25) is 0 Å². The number of aryl methyl sites for hydroxylation is 2. The maximum absolute atomic E-state index is 11.8. The Morgan fingerprint density at radius 2 is 1.89 bits per heavy atom. The van der Waals surface area contributed by atoms with Gasteiger partial charge in [0.25, 0.3) is 0 Å². The largest absolute Gasteiger partial charge is 0.494 e. The van der Waals surface area contributed by atoms with Crippen molar-refractivity contribution in [2.24, 2.45) is 5.73 Å². The maximum Gasteiger partial charge on any atom is 0.336 e. The number of carboxylic acids is 1. The van der Waals surface area contributed by atoms with E-state index in [2.05, 4.69) is 4.98 Å². The summed E-state index contributed by atoms with van der Waals surface area (Å²) in [5.74, 6) is -0.0817. The van der Waals surface area contributed by atoms with Crippen LogP contribution in [0.25, 0.3) is 22.2 Å². The lowest BCUT2D eigenvalue weighted by molar-refractivity contribution is 0.0699. The Kier molecular flexibility index (Phi) is 5.81. The molecule has 0 unspecified atom stereocenters. The molecular formula is C22H26N2O3. The molecule has 0 saturated heterocycles. The van der Waals surface area contributed by atoms with Crippen LogP contribution in [0.1, 0.15) is 41.3 Å². The quantitative estimate of drug-likeness (QED) is 0.511. The van der Waals surface area contributed by atoms with Crippen molar-refractivity contribution in [3.8, 4) is 17.0 Å². The van der Waals surface area contributed by atoms with Crippen LogP contribution >= 0.6 is 0 Å². The van der Waals surface area contributed by atoms with Gasteiger partial charge in [-0.3, -0.25) is 0 Å². The molecule has 3 rings (SSSR count). The standard InChI is InChI=1S/C22H26N2O3/c1-3-27-16-10-8-15(9-11-16)21-17(6-4-5-13-23)19-18(22(25)26)12-7-14(2)20(19)24-21/h7-12,24H,3-6,13,23H2,1-2H3,(H,25,26). The van der Waals surface area contributed by atoms with Crippen molar-refractivity contribution < 1.29 is 14.6 Å². The van der Waals surface area contributed by atoms with Crippen LogP contribution in [0, 0.1) is 6.92 Å². The van der Waals surface area contributed by atoms with Gasteiger partial charge in [0.15, 0.2) is 0 Å². The Labute approximate surface area is 159 Å². The number of rotatable bonds is 8.